The van der Waals surface area contributed by atoms with Gasteiger partial charge >= 0.3 is 0 Å². The van der Waals surface area contributed by atoms with Crippen molar-refractivity contribution in [2.75, 3.05) is 18.9 Å². The van der Waals surface area contributed by atoms with Crippen LogP contribution in [0.4, 0.5) is 10.1 Å². The van der Waals surface area contributed by atoms with Gasteiger partial charge in [-0.2, -0.15) is 0 Å². The highest BCUT2D eigenvalue weighted by Gasteiger charge is 2.62. The van der Waals surface area contributed by atoms with E-state index < -0.39 is 86.7 Å². The Bertz CT molecular complexity index is 1350. The molecule has 0 bridgehead atoms. The van der Waals surface area contributed by atoms with Gasteiger partial charge in [0, 0.05) is 29.2 Å². The van der Waals surface area contributed by atoms with Crippen LogP contribution in [0, 0.1) is 17.7 Å². The quantitative estimate of drug-likeness (QED) is 0.198. The monoisotopic (exact) mass is 532 g/mol. The van der Waals surface area contributed by atoms with Crippen LogP contribution in [-0.2, 0) is 20.8 Å². The van der Waals surface area contributed by atoms with Gasteiger partial charge in [-0.3, -0.25) is 24.1 Å². The number of phenols is 1. The number of allylic oxidation sites excluding steroid dienone is 1. The number of carbonyl (C=O) groups excluding carboxylic acids is 4. The molecule has 9 N–H and O–H groups in total. The predicted molar refractivity (Wildman–Crippen MR) is 131 cm³/mol. The average Bonchev–Trinajstić information content (AvgIpc) is 2.82. The largest absolute Gasteiger partial charge is 0.510 e. The Balaban J connectivity index is 1.80. The molecule has 0 fully saturated rings. The second-order valence-corrected chi connectivity index (χ2v) is 10.2. The average molecular weight is 533 g/mol. The molecule has 204 valence electrons. The lowest BCUT2D eigenvalue weighted by molar-refractivity contribution is -0.145. The Labute approximate surface area is 216 Å². The maximum absolute atomic E-state index is 15.2. The van der Waals surface area contributed by atoms with Crippen molar-refractivity contribution in [1.82, 2.24) is 4.90 Å². The van der Waals surface area contributed by atoms with Gasteiger partial charge < -0.3 is 37.2 Å². The zero-order chi connectivity index (χ0) is 28.4. The molecule has 0 radical (unpaired) electrons. The van der Waals surface area contributed by atoms with Crippen LogP contribution in [0.25, 0.3) is 0 Å². The number of benzene rings is 1. The number of nitrogens with two attached hydrogens (primary N) is 2. The Morgan fingerprint density at radius 3 is 2.47 bits per heavy atom. The number of likely N-dealkylation sites (N-methyl/N-ethyl adjacent to an activating group) is 1. The number of aromatic hydroxyl groups is 1. The molecular formula is C25H29FN4O8. The van der Waals surface area contributed by atoms with E-state index in [0.29, 0.717) is 0 Å². The first-order valence-corrected chi connectivity index (χ1v) is 11.9. The summed E-state index contributed by atoms with van der Waals surface area (Å²) in [7, 11) is 1.69. The molecule has 0 aromatic heterocycles. The van der Waals surface area contributed by atoms with E-state index in [1.54, 1.807) is 11.9 Å². The van der Waals surface area contributed by atoms with Crippen molar-refractivity contribution in [3.63, 3.8) is 0 Å². The topological polar surface area (TPSA) is 217 Å². The van der Waals surface area contributed by atoms with Crippen LogP contribution >= 0.6 is 0 Å². The lowest BCUT2D eigenvalue weighted by atomic mass is 9.59. The molecule has 0 saturated heterocycles. The fraction of sp³-hybridized carbons (Fsp3) is 0.440. The van der Waals surface area contributed by atoms with Gasteiger partial charge in [0.2, 0.25) is 11.7 Å². The van der Waals surface area contributed by atoms with E-state index in [1.807, 2.05) is 13.8 Å². The molecular weight excluding hydrogens is 503 g/mol. The van der Waals surface area contributed by atoms with Crippen molar-refractivity contribution in [2.45, 2.75) is 44.4 Å². The van der Waals surface area contributed by atoms with Crippen LogP contribution in [0.5, 0.6) is 5.75 Å². The number of carbonyl (C=O) groups is 4. The number of hydrogen-bond donors (Lipinski definition) is 7. The SMILES string of the molecule is CC(C)N(C)CC(=O)Nc1cc(F)c2c(c1O)C(=O)C1=C(O)[C@]3(O)C(=O)C(C(N)=O)=C(O)[C@@H](N)[C@@H]3C[C@@H]1C2. The van der Waals surface area contributed by atoms with Crippen LogP contribution in [-0.4, -0.2) is 80.0 Å². The molecule has 1 aromatic rings. The summed E-state index contributed by atoms with van der Waals surface area (Å²) in [4.78, 5) is 52.5. The number of aliphatic hydroxyl groups is 3. The fourth-order valence-electron chi connectivity index (χ4n) is 5.43. The Morgan fingerprint density at radius 1 is 1.26 bits per heavy atom. The number of Topliss-reactive ketones (excluding diaryl/α,β-unsaturated/α-hetero) is 2. The third-order valence-corrected chi connectivity index (χ3v) is 7.75. The number of phenolic OH excluding ortho intramolecular Hbond substituents is 1. The summed E-state index contributed by atoms with van der Waals surface area (Å²) >= 11 is 0. The maximum atomic E-state index is 15.2. The number of primary amides is 1. The van der Waals surface area contributed by atoms with Gasteiger partial charge in [-0.15, -0.1) is 0 Å². The second kappa shape index (κ2) is 9.19. The van der Waals surface area contributed by atoms with Crippen LogP contribution in [0.2, 0.25) is 0 Å². The molecule has 2 amide bonds. The highest BCUT2D eigenvalue weighted by Crippen LogP contribution is 2.52. The first-order valence-electron chi connectivity index (χ1n) is 11.9. The van der Waals surface area contributed by atoms with Crippen molar-refractivity contribution in [2.24, 2.45) is 23.3 Å². The smallest absolute Gasteiger partial charge is 0.255 e. The summed E-state index contributed by atoms with van der Waals surface area (Å²) in [6.45, 7) is 3.63. The number of hydrogen-bond acceptors (Lipinski definition) is 10. The molecule has 12 nitrogen and oxygen atoms in total. The van der Waals surface area contributed by atoms with Crippen molar-refractivity contribution in [3.05, 3.63) is 45.7 Å². The van der Waals surface area contributed by atoms with Crippen LogP contribution in [0.3, 0.4) is 0 Å². The van der Waals surface area contributed by atoms with E-state index in [9.17, 15) is 39.6 Å². The van der Waals surface area contributed by atoms with E-state index >= 15 is 4.39 Å². The normalized spacial score (nSPS) is 26.9. The number of ketones is 2. The molecule has 0 heterocycles. The predicted octanol–water partition coefficient (Wildman–Crippen LogP) is -0.0645. The Morgan fingerprint density at radius 2 is 1.89 bits per heavy atom. The van der Waals surface area contributed by atoms with Crippen molar-refractivity contribution in [1.29, 1.82) is 0 Å². The molecule has 3 aliphatic rings. The van der Waals surface area contributed by atoms with E-state index in [4.69, 9.17) is 11.5 Å². The molecule has 1 aromatic carbocycles. The van der Waals surface area contributed by atoms with Crippen molar-refractivity contribution < 1.29 is 44.0 Å². The Hall–Kier alpha value is -3.81. The lowest BCUT2D eigenvalue weighted by Crippen LogP contribution is -2.63. The van der Waals surface area contributed by atoms with Gasteiger partial charge in [0.05, 0.1) is 23.8 Å². The second-order valence-electron chi connectivity index (χ2n) is 10.2. The van der Waals surface area contributed by atoms with Crippen molar-refractivity contribution >= 4 is 29.1 Å². The molecule has 4 rings (SSSR count). The molecule has 3 aliphatic carbocycles. The van der Waals surface area contributed by atoms with Gasteiger partial charge in [0.15, 0.2) is 17.1 Å². The van der Waals surface area contributed by atoms with Gasteiger partial charge in [0.1, 0.15) is 22.9 Å². The van der Waals surface area contributed by atoms with Crippen LogP contribution < -0.4 is 16.8 Å². The van der Waals surface area contributed by atoms with Crippen molar-refractivity contribution in [3.8, 4) is 5.75 Å². The third kappa shape index (κ3) is 3.85. The number of anilines is 1. The number of rotatable bonds is 5. The zero-order valence-electron chi connectivity index (χ0n) is 20.9. The number of halogens is 1. The minimum atomic E-state index is -2.86. The highest BCUT2D eigenvalue weighted by molar-refractivity contribution is 6.25. The lowest BCUT2D eigenvalue weighted by Gasteiger charge is -2.47. The first kappa shape index (κ1) is 27.2. The third-order valence-electron chi connectivity index (χ3n) is 7.75. The number of nitrogens with zero attached hydrogens (tertiary/aromatic N) is 1. The Kier molecular flexibility index (Phi) is 6.58. The van der Waals surface area contributed by atoms with Gasteiger partial charge in [0.25, 0.3) is 5.91 Å². The summed E-state index contributed by atoms with van der Waals surface area (Å²) in [6, 6.07) is -0.599. The number of amides is 2. The maximum Gasteiger partial charge on any atom is 0.255 e. The minimum absolute atomic E-state index is 0.0198. The summed E-state index contributed by atoms with van der Waals surface area (Å²) in [5, 5.41) is 46.0. The van der Waals surface area contributed by atoms with E-state index in [-0.39, 0.29) is 36.7 Å². The molecule has 13 heteroatoms. The zero-order valence-corrected chi connectivity index (χ0v) is 20.9. The van der Waals surface area contributed by atoms with E-state index in [2.05, 4.69) is 5.32 Å². The van der Waals surface area contributed by atoms with Gasteiger partial charge in [-0.05, 0) is 39.7 Å². The summed E-state index contributed by atoms with van der Waals surface area (Å²) < 4.78 is 15.2. The van der Waals surface area contributed by atoms with Crippen LogP contribution in [0.15, 0.2) is 28.7 Å². The first-order chi connectivity index (χ1) is 17.6. The number of nitrogens with one attached hydrogen (secondary N) is 1. The standard InChI is InChI=1S/C25H29FN4O8/c1-8(2)30(3)7-14(31)29-13-6-12(26)10-4-9-5-11-18(27)21(34)17(24(28)37)23(36)25(11,38)22(35)15(9)20(33)16(10)19(13)32/h6,8-9,11,18,32,34-35,38H,4-5,7,27H2,1-3H3,(H2,28,37)(H,29,31)/t9-,11-,18-,25-/m0/s1. The molecule has 0 saturated carbocycles. The molecule has 0 spiro atoms. The summed E-state index contributed by atoms with van der Waals surface area (Å²) in [5.41, 5.74) is 5.72. The minimum Gasteiger partial charge on any atom is -0.510 e. The summed E-state index contributed by atoms with van der Waals surface area (Å²) in [5.74, 6) is -10.4. The molecule has 0 aliphatic heterocycles. The van der Waals surface area contributed by atoms with Gasteiger partial charge in [-0.1, -0.05) is 0 Å². The molecule has 4 atom stereocenters. The fourth-order valence-corrected chi connectivity index (χ4v) is 5.43. The number of fused-ring (bicyclic) bond motifs is 3. The highest BCUT2D eigenvalue weighted by atomic mass is 19.1. The van der Waals surface area contributed by atoms with Gasteiger partial charge in [-0.25, -0.2) is 4.39 Å². The van der Waals surface area contributed by atoms with E-state index in [1.165, 1.54) is 0 Å². The molecule has 0 unspecified atom stereocenters. The summed E-state index contributed by atoms with van der Waals surface area (Å²) in [6.07, 6.45) is -0.477. The number of aliphatic hydroxyl groups excluding tert-OH is 2. The molecule has 38 heavy (non-hydrogen) atoms. The van der Waals surface area contributed by atoms with E-state index in [0.717, 1.165) is 6.07 Å². The van der Waals surface area contributed by atoms with Crippen LogP contribution in [0.1, 0.15) is 36.2 Å².